The first-order valence-corrected chi connectivity index (χ1v) is 8.47. The minimum Gasteiger partial charge on any atom is -0.254 e. The van der Waals surface area contributed by atoms with E-state index in [2.05, 4.69) is 4.98 Å². The van der Waals surface area contributed by atoms with Crippen molar-refractivity contribution in [1.82, 2.24) is 4.98 Å². The van der Waals surface area contributed by atoms with Crippen molar-refractivity contribution in [2.75, 3.05) is 0 Å². The molecule has 0 aliphatic heterocycles. The molecule has 2 aromatic carbocycles. The van der Waals surface area contributed by atoms with Gasteiger partial charge in [0.25, 0.3) is 0 Å². The molecular formula is C22H16F4N2. The van der Waals surface area contributed by atoms with E-state index in [4.69, 9.17) is 0 Å². The fourth-order valence-corrected chi connectivity index (χ4v) is 2.95. The van der Waals surface area contributed by atoms with Gasteiger partial charge >= 0.3 is 5.92 Å². The van der Waals surface area contributed by atoms with E-state index >= 15 is 8.78 Å². The van der Waals surface area contributed by atoms with Gasteiger partial charge < -0.3 is 0 Å². The maximum absolute atomic E-state index is 15.2. The highest BCUT2D eigenvalue weighted by Crippen LogP contribution is 2.47. The quantitative estimate of drug-likeness (QED) is 0.525. The third-order valence-corrected chi connectivity index (χ3v) is 4.79. The monoisotopic (exact) mass is 384 g/mol. The normalized spacial score (nSPS) is 13.6. The Balaban J connectivity index is 2.02. The smallest absolute Gasteiger partial charge is 0.254 e. The number of hydrogen-bond donors (Lipinski definition) is 0. The van der Waals surface area contributed by atoms with Crippen molar-refractivity contribution in [3.63, 3.8) is 0 Å². The van der Waals surface area contributed by atoms with Crippen LogP contribution in [0.1, 0.15) is 23.7 Å². The molecular weight excluding hydrogens is 368 g/mol. The van der Waals surface area contributed by atoms with Gasteiger partial charge in [-0.15, -0.1) is 0 Å². The molecule has 0 spiro atoms. The molecule has 6 heteroatoms. The Kier molecular flexibility index (Phi) is 4.95. The lowest BCUT2D eigenvalue weighted by molar-refractivity contribution is -0.0622. The summed E-state index contributed by atoms with van der Waals surface area (Å²) in [4.78, 5) is 3.84. The Morgan fingerprint density at radius 1 is 0.929 bits per heavy atom. The first-order chi connectivity index (χ1) is 13.2. The molecule has 0 N–H and O–H groups in total. The Morgan fingerprint density at radius 2 is 1.57 bits per heavy atom. The summed E-state index contributed by atoms with van der Waals surface area (Å²) in [6, 6.07) is 13.7. The van der Waals surface area contributed by atoms with Crippen LogP contribution in [0.3, 0.4) is 0 Å². The maximum Gasteiger partial charge on any atom is 0.311 e. The summed E-state index contributed by atoms with van der Waals surface area (Å²) >= 11 is 0. The van der Waals surface area contributed by atoms with E-state index < -0.39 is 34.2 Å². The molecule has 2 nitrogen and oxygen atoms in total. The summed E-state index contributed by atoms with van der Waals surface area (Å²) in [5.74, 6) is -5.93. The molecule has 1 atom stereocenters. The van der Waals surface area contributed by atoms with Crippen molar-refractivity contribution in [1.29, 1.82) is 5.26 Å². The standard InChI is InChI=1S/C22H16F4N2/c1-14-3-5-15(6-4-14)16-7-10-20(28-12-16)22(25,26)21(2,13-27)18-9-8-17(23)11-19(18)24/h3-12H,1-2H3/t21-/m1/s1. The Bertz CT molecular complexity index is 1040. The maximum atomic E-state index is 15.2. The highest BCUT2D eigenvalue weighted by molar-refractivity contribution is 5.62. The predicted octanol–water partition coefficient (Wildman–Crippen LogP) is 5.91. The van der Waals surface area contributed by atoms with Crippen molar-refractivity contribution in [3.8, 4) is 17.2 Å². The minimum atomic E-state index is -3.81. The van der Waals surface area contributed by atoms with Crippen LogP contribution in [0.2, 0.25) is 0 Å². The van der Waals surface area contributed by atoms with Gasteiger partial charge in [0.15, 0.2) is 5.41 Å². The molecule has 0 radical (unpaired) electrons. The van der Waals surface area contributed by atoms with E-state index in [1.54, 1.807) is 0 Å². The number of nitriles is 1. The van der Waals surface area contributed by atoms with Crippen molar-refractivity contribution >= 4 is 0 Å². The second kappa shape index (κ2) is 7.08. The molecule has 1 aromatic heterocycles. The third-order valence-electron chi connectivity index (χ3n) is 4.79. The minimum absolute atomic E-state index is 0.481. The molecule has 0 unspecified atom stereocenters. The van der Waals surface area contributed by atoms with E-state index in [0.29, 0.717) is 11.6 Å². The van der Waals surface area contributed by atoms with Crippen LogP contribution in [0, 0.1) is 29.9 Å². The molecule has 0 aliphatic rings. The SMILES string of the molecule is Cc1ccc(-c2ccc(C(F)(F)[C@](C)(C#N)c3ccc(F)cc3F)nc2)cc1. The zero-order valence-corrected chi connectivity index (χ0v) is 15.2. The molecule has 0 saturated carbocycles. The lowest BCUT2D eigenvalue weighted by Gasteiger charge is -2.31. The number of alkyl halides is 2. The Morgan fingerprint density at radius 3 is 2.11 bits per heavy atom. The summed E-state index contributed by atoms with van der Waals surface area (Å²) in [6.07, 6.45) is 1.28. The molecule has 0 amide bonds. The first kappa shape index (κ1) is 19.6. The van der Waals surface area contributed by atoms with Crippen LogP contribution < -0.4 is 0 Å². The zero-order chi connectivity index (χ0) is 20.5. The average molecular weight is 384 g/mol. The van der Waals surface area contributed by atoms with E-state index in [1.165, 1.54) is 18.3 Å². The molecule has 142 valence electrons. The van der Waals surface area contributed by atoms with E-state index in [-0.39, 0.29) is 0 Å². The fourth-order valence-electron chi connectivity index (χ4n) is 2.95. The number of benzene rings is 2. The molecule has 0 aliphatic carbocycles. The second-order valence-electron chi connectivity index (χ2n) is 6.73. The summed E-state index contributed by atoms with van der Waals surface area (Å²) in [5, 5.41) is 9.47. The molecule has 3 aromatic rings. The van der Waals surface area contributed by atoms with Crippen LogP contribution in [0.5, 0.6) is 0 Å². The summed E-state index contributed by atoms with van der Waals surface area (Å²) in [5.41, 5.74) is -1.33. The highest BCUT2D eigenvalue weighted by atomic mass is 19.3. The zero-order valence-electron chi connectivity index (χ0n) is 15.2. The summed E-state index contributed by atoms with van der Waals surface area (Å²) < 4.78 is 57.7. The van der Waals surface area contributed by atoms with Gasteiger partial charge in [-0.05, 0) is 31.5 Å². The lowest BCUT2D eigenvalue weighted by atomic mass is 9.76. The molecule has 28 heavy (non-hydrogen) atoms. The molecule has 1 heterocycles. The van der Waals surface area contributed by atoms with Gasteiger partial charge in [0.2, 0.25) is 0 Å². The topological polar surface area (TPSA) is 36.7 Å². The van der Waals surface area contributed by atoms with E-state index in [0.717, 1.165) is 36.2 Å². The highest BCUT2D eigenvalue weighted by Gasteiger charge is 2.55. The number of halogens is 4. The van der Waals surface area contributed by atoms with E-state index in [9.17, 15) is 14.0 Å². The van der Waals surface area contributed by atoms with Crippen molar-refractivity contribution < 1.29 is 17.6 Å². The first-order valence-electron chi connectivity index (χ1n) is 8.47. The van der Waals surface area contributed by atoms with Crippen molar-refractivity contribution in [3.05, 3.63) is 89.2 Å². The van der Waals surface area contributed by atoms with Gasteiger partial charge in [0, 0.05) is 23.4 Å². The van der Waals surface area contributed by atoms with Crippen LogP contribution in [0.4, 0.5) is 17.6 Å². The van der Waals surface area contributed by atoms with Crippen LogP contribution in [-0.4, -0.2) is 4.98 Å². The van der Waals surface area contributed by atoms with Crippen LogP contribution in [0.15, 0.2) is 60.8 Å². The van der Waals surface area contributed by atoms with Crippen LogP contribution in [0.25, 0.3) is 11.1 Å². The van der Waals surface area contributed by atoms with Gasteiger partial charge in [-0.25, -0.2) is 8.78 Å². The van der Waals surface area contributed by atoms with Gasteiger partial charge in [0.05, 0.1) is 6.07 Å². The number of rotatable bonds is 4. The number of pyridine rings is 1. The number of aryl methyl sites for hydroxylation is 1. The van der Waals surface area contributed by atoms with Crippen LogP contribution >= 0.6 is 0 Å². The largest absolute Gasteiger partial charge is 0.311 e. The van der Waals surface area contributed by atoms with Gasteiger partial charge in [0.1, 0.15) is 17.3 Å². The predicted molar refractivity (Wildman–Crippen MR) is 97.6 cm³/mol. The third kappa shape index (κ3) is 3.24. The molecule has 0 bridgehead atoms. The number of hydrogen-bond acceptors (Lipinski definition) is 2. The second-order valence-corrected chi connectivity index (χ2v) is 6.73. The fraction of sp³-hybridized carbons (Fsp3) is 0.182. The number of nitrogens with zero attached hydrogens (tertiary/aromatic N) is 2. The Labute approximate surface area is 160 Å². The summed E-state index contributed by atoms with van der Waals surface area (Å²) in [6.45, 7) is 2.85. The Hall–Kier alpha value is -3.20. The van der Waals surface area contributed by atoms with Gasteiger partial charge in [-0.3, -0.25) is 4.98 Å². The average Bonchev–Trinajstić information content (AvgIpc) is 2.68. The molecule has 3 rings (SSSR count). The lowest BCUT2D eigenvalue weighted by Crippen LogP contribution is -2.41. The van der Waals surface area contributed by atoms with Crippen molar-refractivity contribution in [2.24, 2.45) is 0 Å². The molecule has 0 fully saturated rings. The van der Waals surface area contributed by atoms with Crippen LogP contribution in [-0.2, 0) is 11.3 Å². The van der Waals surface area contributed by atoms with Gasteiger partial charge in [-0.2, -0.15) is 14.0 Å². The number of aromatic nitrogens is 1. The van der Waals surface area contributed by atoms with E-state index in [1.807, 2.05) is 31.2 Å². The van der Waals surface area contributed by atoms with Crippen molar-refractivity contribution in [2.45, 2.75) is 25.2 Å². The van der Waals surface area contributed by atoms with Gasteiger partial charge in [-0.1, -0.05) is 42.0 Å². The summed E-state index contributed by atoms with van der Waals surface area (Å²) in [7, 11) is 0. The molecule has 0 saturated heterocycles.